The zero-order valence-electron chi connectivity index (χ0n) is 13.8. The fraction of sp³-hybridized carbons (Fsp3) is 0.684. The smallest absolute Gasteiger partial charge is 0.140 e. The van der Waals surface area contributed by atoms with Gasteiger partial charge in [0.25, 0.3) is 0 Å². The number of aromatic nitrogens is 1. The van der Waals surface area contributed by atoms with Gasteiger partial charge in [-0.1, -0.05) is 65.2 Å². The summed E-state index contributed by atoms with van der Waals surface area (Å²) in [5, 5.41) is 0. The molecule has 0 aliphatic rings. The first kappa shape index (κ1) is 17.9. The van der Waals surface area contributed by atoms with Crippen molar-refractivity contribution >= 4 is 5.78 Å². The molecule has 0 radical (unpaired) electrons. The summed E-state index contributed by atoms with van der Waals surface area (Å²) >= 11 is 0. The molecule has 0 aliphatic carbocycles. The average molecular weight is 289 g/mol. The quantitative estimate of drug-likeness (QED) is 0.464. The van der Waals surface area contributed by atoms with Crippen LogP contribution in [0.3, 0.4) is 0 Å². The third-order valence-electron chi connectivity index (χ3n) is 4.22. The fourth-order valence-corrected chi connectivity index (χ4v) is 2.66. The third kappa shape index (κ3) is 7.99. The monoisotopic (exact) mass is 289 g/mol. The van der Waals surface area contributed by atoms with Crippen molar-refractivity contribution in [3.63, 3.8) is 0 Å². The normalized spacial score (nSPS) is 12.3. The summed E-state index contributed by atoms with van der Waals surface area (Å²) in [6, 6.07) is 3.89. The number of nitrogens with zero attached hydrogens (tertiary/aromatic N) is 1. The van der Waals surface area contributed by atoms with Crippen molar-refractivity contribution in [2.75, 3.05) is 0 Å². The second kappa shape index (κ2) is 11.5. The van der Waals surface area contributed by atoms with E-state index in [4.69, 9.17) is 0 Å². The Labute approximate surface area is 130 Å². The van der Waals surface area contributed by atoms with Crippen molar-refractivity contribution in [2.45, 2.75) is 84.0 Å². The molecule has 0 aromatic carbocycles. The van der Waals surface area contributed by atoms with E-state index >= 15 is 0 Å². The van der Waals surface area contributed by atoms with Crippen molar-refractivity contribution in [1.82, 2.24) is 4.98 Å². The summed E-state index contributed by atoms with van der Waals surface area (Å²) in [6.07, 6.45) is 15.9. The molecule has 0 saturated heterocycles. The lowest BCUT2D eigenvalue weighted by Gasteiger charge is -2.10. The van der Waals surface area contributed by atoms with Gasteiger partial charge in [-0.05, 0) is 24.1 Å². The van der Waals surface area contributed by atoms with Crippen molar-refractivity contribution in [1.29, 1.82) is 0 Å². The minimum absolute atomic E-state index is 0.0158. The van der Waals surface area contributed by atoms with Gasteiger partial charge in [-0.25, -0.2) is 0 Å². The van der Waals surface area contributed by atoms with Crippen LogP contribution in [0.4, 0.5) is 0 Å². The largest absolute Gasteiger partial charge is 0.299 e. The van der Waals surface area contributed by atoms with Gasteiger partial charge >= 0.3 is 0 Å². The summed E-state index contributed by atoms with van der Waals surface area (Å²) < 4.78 is 0. The fourth-order valence-electron chi connectivity index (χ4n) is 2.66. The van der Waals surface area contributed by atoms with E-state index in [-0.39, 0.29) is 5.92 Å². The van der Waals surface area contributed by atoms with Gasteiger partial charge in [0.15, 0.2) is 0 Å². The Morgan fingerprint density at radius 2 is 1.48 bits per heavy atom. The van der Waals surface area contributed by atoms with Crippen LogP contribution in [0.1, 0.15) is 89.5 Å². The highest BCUT2D eigenvalue weighted by Crippen LogP contribution is 2.18. The van der Waals surface area contributed by atoms with Crippen LogP contribution in [0, 0.1) is 0 Å². The number of carbonyl (C=O) groups excluding carboxylic acids is 1. The van der Waals surface area contributed by atoms with Crippen LogP contribution in [-0.4, -0.2) is 10.8 Å². The lowest BCUT2D eigenvalue weighted by atomic mass is 9.94. The molecule has 2 nitrogen and oxygen atoms in total. The number of ketones is 1. The molecule has 2 heteroatoms. The molecular formula is C19H31NO. The Kier molecular flexibility index (Phi) is 9.77. The summed E-state index contributed by atoms with van der Waals surface area (Å²) in [7, 11) is 0. The Morgan fingerprint density at radius 3 is 2.05 bits per heavy atom. The second-order valence-corrected chi connectivity index (χ2v) is 6.05. The van der Waals surface area contributed by atoms with E-state index < -0.39 is 0 Å². The first-order chi connectivity index (χ1) is 10.3. The van der Waals surface area contributed by atoms with Gasteiger partial charge in [0.1, 0.15) is 5.78 Å². The van der Waals surface area contributed by atoms with Gasteiger partial charge in [0.05, 0.1) is 0 Å². The van der Waals surface area contributed by atoms with Gasteiger partial charge in [-0.3, -0.25) is 9.78 Å². The van der Waals surface area contributed by atoms with Gasteiger partial charge in [0.2, 0.25) is 0 Å². The first-order valence-electron chi connectivity index (χ1n) is 8.68. The molecule has 21 heavy (non-hydrogen) atoms. The number of rotatable bonds is 12. The number of unbranched alkanes of at least 4 members (excludes halogenated alkanes) is 8. The average Bonchev–Trinajstić information content (AvgIpc) is 2.53. The van der Waals surface area contributed by atoms with Crippen LogP contribution < -0.4 is 0 Å². The van der Waals surface area contributed by atoms with Crippen LogP contribution in [0.25, 0.3) is 0 Å². The molecule has 0 bridgehead atoms. The van der Waals surface area contributed by atoms with Crippen LogP contribution in [0.2, 0.25) is 0 Å². The summed E-state index contributed by atoms with van der Waals surface area (Å²) in [6.45, 7) is 4.26. The van der Waals surface area contributed by atoms with Crippen molar-refractivity contribution in [2.24, 2.45) is 0 Å². The topological polar surface area (TPSA) is 30.0 Å². The van der Waals surface area contributed by atoms with Crippen LogP contribution >= 0.6 is 0 Å². The van der Waals surface area contributed by atoms with Crippen LogP contribution in [0.5, 0.6) is 0 Å². The standard InChI is InChI=1S/C19H31NO/c1-3-4-5-6-7-8-9-10-11-12-19(21)17(2)18-13-15-20-16-14-18/h13-17H,3-12H2,1-2H3. The zero-order chi connectivity index (χ0) is 15.3. The molecule has 1 aromatic rings. The van der Waals surface area contributed by atoms with Gasteiger partial charge < -0.3 is 0 Å². The molecule has 0 spiro atoms. The SMILES string of the molecule is CCCCCCCCCCCC(=O)C(C)c1ccncc1. The second-order valence-electron chi connectivity index (χ2n) is 6.05. The van der Waals surface area contributed by atoms with Crippen LogP contribution in [0.15, 0.2) is 24.5 Å². The molecule has 0 saturated carbocycles. The minimum Gasteiger partial charge on any atom is -0.299 e. The zero-order valence-corrected chi connectivity index (χ0v) is 13.8. The maximum Gasteiger partial charge on any atom is 0.140 e. The Balaban J connectivity index is 2.03. The molecule has 118 valence electrons. The number of hydrogen-bond donors (Lipinski definition) is 0. The van der Waals surface area contributed by atoms with Crippen molar-refractivity contribution in [3.8, 4) is 0 Å². The van der Waals surface area contributed by atoms with E-state index in [0.29, 0.717) is 5.78 Å². The van der Waals surface area contributed by atoms with E-state index in [2.05, 4.69) is 11.9 Å². The Morgan fingerprint density at radius 1 is 0.952 bits per heavy atom. The lowest BCUT2D eigenvalue weighted by molar-refractivity contribution is -0.120. The van der Waals surface area contributed by atoms with Crippen LogP contribution in [-0.2, 0) is 4.79 Å². The van der Waals surface area contributed by atoms with Gasteiger partial charge in [-0.15, -0.1) is 0 Å². The summed E-state index contributed by atoms with van der Waals surface area (Å²) in [5.41, 5.74) is 1.09. The predicted octanol–water partition coefficient (Wildman–Crippen LogP) is 5.68. The lowest BCUT2D eigenvalue weighted by Crippen LogP contribution is -2.08. The molecule has 1 aromatic heterocycles. The number of hydrogen-bond acceptors (Lipinski definition) is 2. The molecule has 0 aliphatic heterocycles. The van der Waals surface area contributed by atoms with Crippen molar-refractivity contribution in [3.05, 3.63) is 30.1 Å². The highest BCUT2D eigenvalue weighted by molar-refractivity contribution is 5.85. The number of Topliss-reactive ketones (excluding diaryl/α,β-unsaturated/α-hetero) is 1. The first-order valence-corrected chi connectivity index (χ1v) is 8.68. The molecule has 0 N–H and O–H groups in total. The van der Waals surface area contributed by atoms with E-state index in [9.17, 15) is 4.79 Å². The Bertz CT molecular complexity index is 374. The highest BCUT2D eigenvalue weighted by Gasteiger charge is 2.14. The Hall–Kier alpha value is -1.18. The molecule has 0 amide bonds. The van der Waals surface area contributed by atoms with Gasteiger partial charge in [0, 0.05) is 24.7 Å². The number of pyridine rings is 1. The third-order valence-corrected chi connectivity index (χ3v) is 4.22. The molecule has 1 rings (SSSR count). The molecule has 1 atom stereocenters. The molecule has 1 heterocycles. The van der Waals surface area contributed by atoms with E-state index in [1.54, 1.807) is 12.4 Å². The predicted molar refractivity (Wildman–Crippen MR) is 89.5 cm³/mol. The van der Waals surface area contributed by atoms with Crippen molar-refractivity contribution < 1.29 is 4.79 Å². The molecule has 0 fully saturated rings. The minimum atomic E-state index is 0.0158. The highest BCUT2D eigenvalue weighted by atomic mass is 16.1. The maximum atomic E-state index is 12.1. The summed E-state index contributed by atoms with van der Waals surface area (Å²) in [5.74, 6) is 0.381. The van der Waals surface area contributed by atoms with Gasteiger partial charge in [-0.2, -0.15) is 0 Å². The van der Waals surface area contributed by atoms with E-state index in [0.717, 1.165) is 18.4 Å². The summed E-state index contributed by atoms with van der Waals surface area (Å²) in [4.78, 5) is 16.1. The van der Waals surface area contributed by atoms with E-state index in [1.165, 1.54) is 51.4 Å². The number of carbonyl (C=O) groups is 1. The maximum absolute atomic E-state index is 12.1. The van der Waals surface area contributed by atoms with E-state index in [1.807, 2.05) is 19.1 Å². The molecular weight excluding hydrogens is 258 g/mol. The molecule has 1 unspecified atom stereocenters.